The maximum atomic E-state index is 8.92. The van der Waals surface area contributed by atoms with Gasteiger partial charge in [-0.15, -0.1) is 0 Å². The van der Waals surface area contributed by atoms with Crippen LogP contribution in [0, 0.1) is 25.2 Å². The average Bonchev–Trinajstić information content (AvgIpc) is 2.54. The maximum absolute atomic E-state index is 8.92. The predicted molar refractivity (Wildman–Crippen MR) is 84.6 cm³/mol. The van der Waals surface area contributed by atoms with Gasteiger partial charge < -0.3 is 14.2 Å². The molecule has 114 valence electrons. The van der Waals surface area contributed by atoms with Gasteiger partial charge in [0.2, 0.25) is 0 Å². The highest BCUT2D eigenvalue weighted by Crippen LogP contribution is 2.27. The second-order valence-corrected chi connectivity index (χ2v) is 4.92. The normalized spacial score (nSPS) is 9.91. The van der Waals surface area contributed by atoms with E-state index in [1.165, 1.54) is 11.1 Å². The second-order valence-electron chi connectivity index (χ2n) is 4.92. The molecular formula is C18H19NO3. The molecule has 0 amide bonds. The van der Waals surface area contributed by atoms with Gasteiger partial charge in [0.25, 0.3) is 0 Å². The lowest BCUT2D eigenvalue weighted by Crippen LogP contribution is -2.09. The Morgan fingerprint density at radius 1 is 0.909 bits per heavy atom. The summed E-state index contributed by atoms with van der Waals surface area (Å²) in [6.07, 6.45) is 0. The van der Waals surface area contributed by atoms with E-state index in [4.69, 9.17) is 19.5 Å². The van der Waals surface area contributed by atoms with Crippen LogP contribution in [0.2, 0.25) is 0 Å². The molecule has 0 atom stereocenters. The zero-order valence-electron chi connectivity index (χ0n) is 13.1. The van der Waals surface area contributed by atoms with E-state index in [-0.39, 0.29) is 0 Å². The number of aryl methyl sites for hydroxylation is 2. The first kappa shape index (κ1) is 15.7. The summed E-state index contributed by atoms with van der Waals surface area (Å²) >= 11 is 0. The van der Waals surface area contributed by atoms with Crippen LogP contribution in [0.3, 0.4) is 0 Å². The van der Waals surface area contributed by atoms with Crippen LogP contribution in [0.15, 0.2) is 36.4 Å². The first-order valence-electron chi connectivity index (χ1n) is 7.05. The Morgan fingerprint density at radius 3 is 2.36 bits per heavy atom. The lowest BCUT2D eigenvalue weighted by Gasteiger charge is -2.12. The quantitative estimate of drug-likeness (QED) is 0.764. The van der Waals surface area contributed by atoms with Crippen LogP contribution in [0.25, 0.3) is 0 Å². The molecule has 0 bridgehead atoms. The summed E-state index contributed by atoms with van der Waals surface area (Å²) in [5.74, 6) is 1.97. The molecule has 22 heavy (non-hydrogen) atoms. The van der Waals surface area contributed by atoms with Gasteiger partial charge in [-0.05, 0) is 49.2 Å². The molecule has 0 aliphatic heterocycles. The van der Waals surface area contributed by atoms with Crippen LogP contribution in [0.5, 0.6) is 17.2 Å². The largest absolute Gasteiger partial charge is 0.493 e. The van der Waals surface area contributed by atoms with Gasteiger partial charge >= 0.3 is 0 Å². The fraction of sp³-hybridized carbons (Fsp3) is 0.278. The van der Waals surface area contributed by atoms with Crippen LogP contribution in [-0.4, -0.2) is 20.3 Å². The van der Waals surface area contributed by atoms with Crippen molar-refractivity contribution in [1.29, 1.82) is 5.26 Å². The van der Waals surface area contributed by atoms with Crippen molar-refractivity contribution in [2.45, 2.75) is 13.8 Å². The summed E-state index contributed by atoms with van der Waals surface area (Å²) in [5, 5.41) is 8.92. The minimum Gasteiger partial charge on any atom is -0.493 e. The minimum atomic E-state index is 0.373. The van der Waals surface area contributed by atoms with Gasteiger partial charge in [-0.2, -0.15) is 5.26 Å². The first-order valence-corrected chi connectivity index (χ1v) is 7.05. The second kappa shape index (κ2) is 7.37. The Kier molecular flexibility index (Phi) is 5.26. The Bertz CT molecular complexity index is 689. The summed E-state index contributed by atoms with van der Waals surface area (Å²) in [7, 11) is 1.57. The molecule has 0 spiro atoms. The number of benzene rings is 2. The van der Waals surface area contributed by atoms with Crippen LogP contribution in [0.4, 0.5) is 0 Å². The summed E-state index contributed by atoms with van der Waals surface area (Å²) < 4.78 is 16.5. The molecule has 4 nitrogen and oxygen atoms in total. The van der Waals surface area contributed by atoms with Crippen LogP contribution in [-0.2, 0) is 0 Å². The van der Waals surface area contributed by atoms with Crippen molar-refractivity contribution in [2.24, 2.45) is 0 Å². The summed E-state index contributed by atoms with van der Waals surface area (Å²) in [6.45, 7) is 4.91. The first-order chi connectivity index (χ1) is 10.6. The molecule has 0 radical (unpaired) electrons. The van der Waals surface area contributed by atoms with Crippen molar-refractivity contribution in [1.82, 2.24) is 0 Å². The topological polar surface area (TPSA) is 51.5 Å². The van der Waals surface area contributed by atoms with Crippen molar-refractivity contribution in [2.75, 3.05) is 20.3 Å². The Morgan fingerprint density at radius 2 is 1.68 bits per heavy atom. The third kappa shape index (κ3) is 3.92. The van der Waals surface area contributed by atoms with Crippen molar-refractivity contribution < 1.29 is 14.2 Å². The van der Waals surface area contributed by atoms with Crippen molar-refractivity contribution in [3.8, 4) is 23.3 Å². The van der Waals surface area contributed by atoms with Gasteiger partial charge in [0.15, 0.2) is 11.5 Å². The Balaban J connectivity index is 1.91. The lowest BCUT2D eigenvalue weighted by atomic mass is 10.1. The summed E-state index contributed by atoms with van der Waals surface area (Å²) in [5.41, 5.74) is 2.97. The van der Waals surface area contributed by atoms with E-state index >= 15 is 0 Å². The maximum Gasteiger partial charge on any atom is 0.162 e. The number of nitrogens with zero attached hydrogens (tertiary/aromatic N) is 1. The Hall–Kier alpha value is -2.67. The highest BCUT2D eigenvalue weighted by molar-refractivity contribution is 5.46. The molecule has 4 heteroatoms. The molecule has 0 N–H and O–H groups in total. The van der Waals surface area contributed by atoms with Gasteiger partial charge in [-0.3, -0.25) is 0 Å². The zero-order chi connectivity index (χ0) is 15.9. The average molecular weight is 297 g/mol. The predicted octanol–water partition coefficient (Wildman–Crippen LogP) is 3.64. The van der Waals surface area contributed by atoms with E-state index in [1.807, 2.05) is 18.2 Å². The minimum absolute atomic E-state index is 0.373. The lowest BCUT2D eigenvalue weighted by molar-refractivity contribution is 0.211. The number of nitriles is 1. The highest BCUT2D eigenvalue weighted by atomic mass is 16.5. The molecule has 0 aromatic heterocycles. The SMILES string of the molecule is COc1ccc(C#N)cc1OCCOc1ccc(C)c(C)c1. The van der Waals surface area contributed by atoms with Crippen molar-refractivity contribution in [3.63, 3.8) is 0 Å². The number of hydrogen-bond acceptors (Lipinski definition) is 4. The fourth-order valence-electron chi connectivity index (χ4n) is 1.97. The molecule has 0 aliphatic rings. The van der Waals surface area contributed by atoms with Gasteiger partial charge in [-0.25, -0.2) is 0 Å². The molecule has 2 aromatic rings. The fourth-order valence-corrected chi connectivity index (χ4v) is 1.97. The van der Waals surface area contributed by atoms with Gasteiger partial charge in [0.1, 0.15) is 19.0 Å². The summed E-state index contributed by atoms with van der Waals surface area (Å²) in [6, 6.07) is 13.1. The van der Waals surface area contributed by atoms with Crippen molar-refractivity contribution >= 4 is 0 Å². The van der Waals surface area contributed by atoms with E-state index in [0.717, 1.165) is 5.75 Å². The van der Waals surface area contributed by atoms with E-state index in [2.05, 4.69) is 19.9 Å². The molecule has 0 heterocycles. The zero-order valence-corrected chi connectivity index (χ0v) is 13.1. The third-order valence-corrected chi connectivity index (χ3v) is 3.38. The monoisotopic (exact) mass is 297 g/mol. The van der Waals surface area contributed by atoms with Gasteiger partial charge in [0.05, 0.1) is 18.7 Å². The molecule has 0 fully saturated rings. The third-order valence-electron chi connectivity index (χ3n) is 3.38. The number of methoxy groups -OCH3 is 1. The molecular weight excluding hydrogens is 278 g/mol. The molecule has 2 rings (SSSR count). The van der Waals surface area contributed by atoms with Crippen LogP contribution < -0.4 is 14.2 Å². The molecule has 0 aliphatic carbocycles. The summed E-state index contributed by atoms with van der Waals surface area (Å²) in [4.78, 5) is 0. The van der Waals surface area contributed by atoms with Crippen molar-refractivity contribution in [3.05, 3.63) is 53.1 Å². The van der Waals surface area contributed by atoms with E-state index < -0.39 is 0 Å². The van der Waals surface area contributed by atoms with E-state index in [9.17, 15) is 0 Å². The van der Waals surface area contributed by atoms with Gasteiger partial charge in [0, 0.05) is 6.07 Å². The highest BCUT2D eigenvalue weighted by Gasteiger charge is 2.06. The smallest absolute Gasteiger partial charge is 0.162 e. The Labute approximate surface area is 130 Å². The number of ether oxygens (including phenoxy) is 3. The molecule has 0 unspecified atom stereocenters. The molecule has 2 aromatic carbocycles. The van der Waals surface area contributed by atoms with E-state index in [1.54, 1.807) is 25.3 Å². The van der Waals surface area contributed by atoms with Crippen LogP contribution >= 0.6 is 0 Å². The standard InChI is InChI=1S/C18H19NO3/c1-13-4-6-16(10-14(13)2)21-8-9-22-18-11-15(12-19)5-7-17(18)20-3/h4-7,10-11H,8-9H2,1-3H3. The van der Waals surface area contributed by atoms with Crippen LogP contribution in [0.1, 0.15) is 16.7 Å². The number of hydrogen-bond donors (Lipinski definition) is 0. The van der Waals surface area contributed by atoms with Gasteiger partial charge in [-0.1, -0.05) is 6.07 Å². The van der Waals surface area contributed by atoms with E-state index in [0.29, 0.717) is 30.3 Å². The molecule has 0 saturated heterocycles. The molecule has 0 saturated carbocycles. The number of rotatable bonds is 6.